The van der Waals surface area contributed by atoms with Gasteiger partial charge in [-0.1, -0.05) is 36.4 Å². The molecular formula is C23H28N2O3. The first-order valence-electron chi connectivity index (χ1n) is 10.0. The fraction of sp³-hybridized carbons (Fsp3) is 0.435. The van der Waals surface area contributed by atoms with Crippen LogP contribution < -0.4 is 14.8 Å². The maximum Gasteiger partial charge on any atom is 0.227 e. The molecule has 2 bridgehead atoms. The molecule has 2 atom stereocenters. The average molecular weight is 380 g/mol. The summed E-state index contributed by atoms with van der Waals surface area (Å²) in [7, 11) is 3.19. The summed E-state index contributed by atoms with van der Waals surface area (Å²) >= 11 is 0. The van der Waals surface area contributed by atoms with Gasteiger partial charge in [-0.3, -0.25) is 9.69 Å². The Kier molecular flexibility index (Phi) is 5.53. The number of nitrogens with one attached hydrogen (secondary N) is 1. The highest BCUT2D eigenvalue weighted by molar-refractivity contribution is 5.94. The Labute approximate surface area is 166 Å². The van der Waals surface area contributed by atoms with Crippen LogP contribution in [0, 0.1) is 5.92 Å². The Morgan fingerprint density at radius 3 is 2.36 bits per heavy atom. The van der Waals surface area contributed by atoms with Gasteiger partial charge in [0.05, 0.1) is 19.9 Å². The van der Waals surface area contributed by atoms with Crippen LogP contribution in [0.3, 0.4) is 0 Å². The number of methoxy groups -OCH3 is 2. The van der Waals surface area contributed by atoms with Crippen LogP contribution in [0.15, 0.2) is 48.5 Å². The zero-order valence-electron chi connectivity index (χ0n) is 16.6. The van der Waals surface area contributed by atoms with Gasteiger partial charge in [-0.05, 0) is 43.4 Å². The van der Waals surface area contributed by atoms with Crippen molar-refractivity contribution in [2.45, 2.75) is 44.3 Å². The van der Waals surface area contributed by atoms with Crippen LogP contribution in [-0.2, 0) is 11.3 Å². The van der Waals surface area contributed by atoms with E-state index >= 15 is 0 Å². The van der Waals surface area contributed by atoms with Crippen molar-refractivity contribution in [2.24, 2.45) is 5.92 Å². The van der Waals surface area contributed by atoms with E-state index in [2.05, 4.69) is 40.5 Å². The molecule has 5 heteroatoms. The molecule has 1 N–H and O–H groups in total. The molecule has 0 saturated carbocycles. The smallest absolute Gasteiger partial charge is 0.227 e. The van der Waals surface area contributed by atoms with Crippen molar-refractivity contribution in [3.8, 4) is 11.5 Å². The zero-order chi connectivity index (χ0) is 19.5. The minimum Gasteiger partial charge on any atom is -0.493 e. The molecule has 4 rings (SSSR count). The van der Waals surface area contributed by atoms with Crippen LogP contribution in [0.2, 0.25) is 0 Å². The maximum absolute atomic E-state index is 13.0. The number of ether oxygens (including phenoxy) is 2. The van der Waals surface area contributed by atoms with Crippen molar-refractivity contribution < 1.29 is 14.3 Å². The molecule has 28 heavy (non-hydrogen) atoms. The predicted molar refractivity (Wildman–Crippen MR) is 110 cm³/mol. The standard InChI is InChI=1S/C23H28N2O3/c1-27-21-10-6-9-20(22(21)28-2)24-23(26)17-13-18-11-12-19(14-17)25(18)15-16-7-4-3-5-8-16/h3-10,17-19H,11-15H2,1-2H3,(H,24,26). The molecule has 148 valence electrons. The van der Waals surface area contributed by atoms with Gasteiger partial charge in [-0.2, -0.15) is 0 Å². The summed E-state index contributed by atoms with van der Waals surface area (Å²) in [6.07, 6.45) is 4.20. The van der Waals surface area contributed by atoms with Gasteiger partial charge in [0, 0.05) is 24.5 Å². The van der Waals surface area contributed by atoms with E-state index in [4.69, 9.17) is 9.47 Å². The van der Waals surface area contributed by atoms with E-state index in [0.29, 0.717) is 29.3 Å². The first-order chi connectivity index (χ1) is 13.7. The van der Waals surface area contributed by atoms with Crippen LogP contribution in [0.25, 0.3) is 0 Å². The molecular weight excluding hydrogens is 352 g/mol. The molecule has 2 aromatic carbocycles. The number of nitrogens with zero attached hydrogens (tertiary/aromatic N) is 1. The fourth-order valence-corrected chi connectivity index (χ4v) is 4.76. The van der Waals surface area contributed by atoms with E-state index in [1.54, 1.807) is 14.2 Å². The van der Waals surface area contributed by atoms with Crippen LogP contribution in [0.5, 0.6) is 11.5 Å². The molecule has 0 radical (unpaired) electrons. The molecule has 2 fully saturated rings. The normalized spacial score (nSPS) is 24.0. The Morgan fingerprint density at radius 2 is 1.71 bits per heavy atom. The number of piperidine rings is 1. The molecule has 2 unspecified atom stereocenters. The van der Waals surface area contributed by atoms with E-state index in [1.165, 1.54) is 18.4 Å². The number of hydrogen-bond donors (Lipinski definition) is 1. The lowest BCUT2D eigenvalue weighted by Gasteiger charge is -2.38. The Hall–Kier alpha value is -2.53. The summed E-state index contributed by atoms with van der Waals surface area (Å²) in [5.41, 5.74) is 2.02. The lowest BCUT2D eigenvalue weighted by atomic mass is 9.89. The number of benzene rings is 2. The number of amides is 1. The molecule has 2 aliphatic heterocycles. The monoisotopic (exact) mass is 380 g/mol. The second kappa shape index (κ2) is 8.23. The lowest BCUT2D eigenvalue weighted by Crippen LogP contribution is -2.45. The van der Waals surface area contributed by atoms with Gasteiger partial charge in [0.15, 0.2) is 11.5 Å². The minimum atomic E-state index is 0.0421. The summed E-state index contributed by atoms with van der Waals surface area (Å²) in [4.78, 5) is 15.6. The van der Waals surface area contributed by atoms with Crippen molar-refractivity contribution in [3.63, 3.8) is 0 Å². The molecule has 2 heterocycles. The summed E-state index contributed by atoms with van der Waals surface area (Å²) in [5.74, 6) is 1.32. The van der Waals surface area contributed by atoms with Gasteiger partial charge in [-0.25, -0.2) is 0 Å². The van der Waals surface area contributed by atoms with E-state index < -0.39 is 0 Å². The molecule has 2 saturated heterocycles. The zero-order valence-corrected chi connectivity index (χ0v) is 16.6. The van der Waals surface area contributed by atoms with Gasteiger partial charge in [0.25, 0.3) is 0 Å². The number of fused-ring (bicyclic) bond motifs is 2. The van der Waals surface area contributed by atoms with E-state index in [-0.39, 0.29) is 11.8 Å². The van der Waals surface area contributed by atoms with E-state index in [9.17, 15) is 4.79 Å². The highest BCUT2D eigenvalue weighted by Crippen LogP contribution is 2.41. The second-order valence-electron chi connectivity index (χ2n) is 7.74. The number of rotatable bonds is 6. The summed E-state index contributed by atoms with van der Waals surface area (Å²) in [5, 5.41) is 3.08. The van der Waals surface area contributed by atoms with Crippen molar-refractivity contribution >= 4 is 11.6 Å². The number of anilines is 1. The van der Waals surface area contributed by atoms with Gasteiger partial charge >= 0.3 is 0 Å². The number of para-hydroxylation sites is 1. The van der Waals surface area contributed by atoms with Gasteiger partial charge in [0.2, 0.25) is 5.91 Å². The predicted octanol–water partition coefficient (Wildman–Crippen LogP) is 4.09. The third kappa shape index (κ3) is 3.72. The fourth-order valence-electron chi connectivity index (χ4n) is 4.76. The van der Waals surface area contributed by atoms with Crippen LogP contribution in [0.1, 0.15) is 31.2 Å². The van der Waals surface area contributed by atoms with Crippen LogP contribution >= 0.6 is 0 Å². The molecule has 5 nitrogen and oxygen atoms in total. The minimum absolute atomic E-state index is 0.0421. The van der Waals surface area contributed by atoms with Crippen molar-refractivity contribution in [1.82, 2.24) is 4.90 Å². The molecule has 0 aromatic heterocycles. The quantitative estimate of drug-likeness (QED) is 0.820. The summed E-state index contributed by atoms with van der Waals surface area (Å²) in [6.45, 7) is 0.980. The van der Waals surface area contributed by atoms with Gasteiger partial charge in [0.1, 0.15) is 0 Å². The molecule has 0 spiro atoms. The van der Waals surface area contributed by atoms with Crippen LogP contribution in [-0.4, -0.2) is 37.1 Å². The highest BCUT2D eigenvalue weighted by atomic mass is 16.5. The average Bonchev–Trinajstić information content (AvgIpc) is 2.95. The Bertz CT molecular complexity index is 810. The van der Waals surface area contributed by atoms with Crippen molar-refractivity contribution in [1.29, 1.82) is 0 Å². The molecule has 1 amide bonds. The van der Waals surface area contributed by atoms with Crippen LogP contribution in [0.4, 0.5) is 5.69 Å². The van der Waals surface area contributed by atoms with Crippen molar-refractivity contribution in [3.05, 3.63) is 54.1 Å². The molecule has 0 aliphatic carbocycles. The highest BCUT2D eigenvalue weighted by Gasteiger charge is 2.42. The number of hydrogen-bond acceptors (Lipinski definition) is 4. The molecule has 2 aliphatic rings. The number of carbonyl (C=O) groups is 1. The van der Waals surface area contributed by atoms with Gasteiger partial charge in [-0.15, -0.1) is 0 Å². The third-order valence-corrected chi connectivity index (χ3v) is 6.12. The Balaban J connectivity index is 1.43. The SMILES string of the molecule is COc1cccc(NC(=O)C2CC3CCC(C2)N3Cc2ccccc2)c1OC. The summed E-state index contributed by atoms with van der Waals surface area (Å²) < 4.78 is 10.8. The molecule has 2 aromatic rings. The Morgan fingerprint density at radius 1 is 1.00 bits per heavy atom. The summed E-state index contributed by atoms with van der Waals surface area (Å²) in [6, 6.07) is 17.2. The van der Waals surface area contributed by atoms with E-state index in [0.717, 1.165) is 19.4 Å². The largest absolute Gasteiger partial charge is 0.493 e. The second-order valence-corrected chi connectivity index (χ2v) is 7.74. The van der Waals surface area contributed by atoms with E-state index in [1.807, 2.05) is 18.2 Å². The third-order valence-electron chi connectivity index (χ3n) is 6.12. The lowest BCUT2D eigenvalue weighted by molar-refractivity contribution is -0.122. The first kappa shape index (κ1) is 18.8. The first-order valence-corrected chi connectivity index (χ1v) is 10.0. The number of carbonyl (C=O) groups excluding carboxylic acids is 1. The van der Waals surface area contributed by atoms with Gasteiger partial charge < -0.3 is 14.8 Å². The van der Waals surface area contributed by atoms with Crippen molar-refractivity contribution in [2.75, 3.05) is 19.5 Å². The maximum atomic E-state index is 13.0. The topological polar surface area (TPSA) is 50.8 Å².